The number of halogens is 1. The van der Waals surface area contributed by atoms with Gasteiger partial charge >= 0.3 is 6.09 Å². The average Bonchev–Trinajstić information content (AvgIpc) is 2.80. The van der Waals surface area contributed by atoms with Gasteiger partial charge in [0.1, 0.15) is 5.60 Å². The highest BCUT2D eigenvalue weighted by Crippen LogP contribution is 2.36. The lowest BCUT2D eigenvalue weighted by Crippen LogP contribution is -2.40. The molecule has 1 aliphatic heterocycles. The molecule has 6 heteroatoms. The van der Waals surface area contributed by atoms with Crippen molar-refractivity contribution >= 4 is 32.9 Å². The average molecular weight is 409 g/mol. The van der Waals surface area contributed by atoms with Crippen LogP contribution in [-0.4, -0.2) is 38.9 Å². The van der Waals surface area contributed by atoms with Gasteiger partial charge in [0, 0.05) is 34.2 Å². The molecule has 5 nitrogen and oxygen atoms in total. The van der Waals surface area contributed by atoms with E-state index in [1.54, 1.807) is 11.8 Å². The Morgan fingerprint density at radius 3 is 2.76 bits per heavy atom. The number of rotatable bonds is 2. The van der Waals surface area contributed by atoms with Crippen molar-refractivity contribution in [1.82, 2.24) is 9.47 Å². The van der Waals surface area contributed by atoms with Crippen molar-refractivity contribution < 1.29 is 14.6 Å². The van der Waals surface area contributed by atoms with Gasteiger partial charge in [0.15, 0.2) is 0 Å². The highest BCUT2D eigenvalue weighted by Gasteiger charge is 2.30. The first-order chi connectivity index (χ1) is 11.7. The van der Waals surface area contributed by atoms with Crippen LogP contribution in [0.4, 0.5) is 4.79 Å². The Kier molecular flexibility index (Phi) is 4.86. The summed E-state index contributed by atoms with van der Waals surface area (Å²) in [6.07, 6.45) is 0.0298. The first kappa shape index (κ1) is 18.3. The van der Waals surface area contributed by atoms with Gasteiger partial charge in [-0.2, -0.15) is 0 Å². The molecular weight excluding hydrogens is 384 g/mol. The molecule has 0 aliphatic carbocycles. The molecule has 2 aromatic rings. The number of ether oxygens (including phenoxy) is 1. The fourth-order valence-electron chi connectivity index (χ4n) is 3.40. The maximum Gasteiger partial charge on any atom is 0.410 e. The van der Waals surface area contributed by atoms with Crippen LogP contribution in [0.1, 0.15) is 39.0 Å². The Labute approximate surface area is 156 Å². The molecule has 0 saturated heterocycles. The molecule has 25 heavy (non-hydrogen) atoms. The molecule has 1 unspecified atom stereocenters. The molecule has 0 saturated carbocycles. The van der Waals surface area contributed by atoms with Crippen molar-refractivity contribution in [2.45, 2.75) is 58.9 Å². The zero-order chi connectivity index (χ0) is 18.4. The number of carbonyl (C=O) groups is 1. The van der Waals surface area contributed by atoms with Crippen molar-refractivity contribution in [1.29, 1.82) is 0 Å². The van der Waals surface area contributed by atoms with Gasteiger partial charge in [-0.25, -0.2) is 4.79 Å². The summed E-state index contributed by atoms with van der Waals surface area (Å²) in [5, 5.41) is 11.1. The molecule has 1 aromatic carbocycles. The van der Waals surface area contributed by atoms with E-state index in [9.17, 15) is 9.90 Å². The fourth-order valence-corrected chi connectivity index (χ4v) is 4.00. The highest BCUT2D eigenvalue weighted by atomic mass is 79.9. The van der Waals surface area contributed by atoms with Gasteiger partial charge in [-0.05, 0) is 51.8 Å². The number of aromatic nitrogens is 1. The van der Waals surface area contributed by atoms with Crippen LogP contribution >= 0.6 is 15.9 Å². The van der Waals surface area contributed by atoms with Crippen molar-refractivity contribution in [3.8, 4) is 0 Å². The predicted molar refractivity (Wildman–Crippen MR) is 102 cm³/mol. The van der Waals surface area contributed by atoms with Gasteiger partial charge in [-0.1, -0.05) is 22.0 Å². The van der Waals surface area contributed by atoms with Crippen LogP contribution in [0.15, 0.2) is 22.7 Å². The van der Waals surface area contributed by atoms with Crippen LogP contribution in [0.5, 0.6) is 0 Å². The van der Waals surface area contributed by atoms with Crippen LogP contribution in [0.3, 0.4) is 0 Å². The quantitative estimate of drug-likeness (QED) is 0.814. The fraction of sp³-hybridized carbons (Fsp3) is 0.526. The van der Waals surface area contributed by atoms with Gasteiger partial charge in [0.2, 0.25) is 0 Å². The van der Waals surface area contributed by atoms with E-state index in [-0.39, 0.29) is 6.09 Å². The second kappa shape index (κ2) is 6.65. The largest absolute Gasteiger partial charge is 0.444 e. The number of aliphatic hydroxyl groups is 1. The van der Waals surface area contributed by atoms with Gasteiger partial charge in [-0.15, -0.1) is 0 Å². The molecule has 0 radical (unpaired) electrons. The summed E-state index contributed by atoms with van der Waals surface area (Å²) < 4.78 is 8.72. The molecule has 3 rings (SSSR count). The van der Waals surface area contributed by atoms with Gasteiger partial charge in [0.05, 0.1) is 12.6 Å². The van der Waals surface area contributed by atoms with Gasteiger partial charge < -0.3 is 19.3 Å². The number of aliphatic hydroxyl groups excluding tert-OH is 1. The second-order valence-corrected chi connectivity index (χ2v) is 8.53. The Morgan fingerprint density at radius 2 is 2.12 bits per heavy atom. The van der Waals surface area contributed by atoms with Crippen molar-refractivity contribution in [2.24, 2.45) is 0 Å². The zero-order valence-corrected chi connectivity index (χ0v) is 16.8. The van der Waals surface area contributed by atoms with E-state index < -0.39 is 11.7 Å². The lowest BCUT2D eigenvalue weighted by atomic mass is 10.0. The number of hydrogen-bond acceptors (Lipinski definition) is 3. The second-order valence-electron chi connectivity index (χ2n) is 7.67. The highest BCUT2D eigenvalue weighted by molar-refractivity contribution is 9.10. The van der Waals surface area contributed by atoms with Gasteiger partial charge in [0.25, 0.3) is 0 Å². The lowest BCUT2D eigenvalue weighted by molar-refractivity contribution is 0.0218. The van der Waals surface area contributed by atoms with E-state index in [0.717, 1.165) is 22.1 Å². The van der Waals surface area contributed by atoms with Crippen LogP contribution in [0.25, 0.3) is 10.9 Å². The molecule has 0 spiro atoms. The minimum atomic E-state index is -0.507. The minimum Gasteiger partial charge on any atom is -0.444 e. The number of nitrogens with zero attached hydrogens (tertiary/aromatic N) is 2. The summed E-state index contributed by atoms with van der Waals surface area (Å²) in [6.45, 7) is 9.05. The molecule has 136 valence electrons. The van der Waals surface area contributed by atoms with E-state index >= 15 is 0 Å². The van der Waals surface area contributed by atoms with Crippen molar-refractivity contribution in [3.63, 3.8) is 0 Å². The number of benzene rings is 1. The Balaban J connectivity index is 2.02. The number of fused-ring (bicyclic) bond motifs is 3. The lowest BCUT2D eigenvalue weighted by Gasteiger charge is -2.31. The first-order valence-corrected chi connectivity index (χ1v) is 9.41. The topological polar surface area (TPSA) is 54.7 Å². The molecule has 1 aromatic heterocycles. The molecule has 1 aliphatic rings. The first-order valence-electron chi connectivity index (χ1n) is 8.62. The maximum atomic E-state index is 12.5. The molecule has 1 atom stereocenters. The van der Waals surface area contributed by atoms with E-state index in [4.69, 9.17) is 4.74 Å². The van der Waals surface area contributed by atoms with Gasteiger partial charge in [-0.3, -0.25) is 0 Å². The van der Waals surface area contributed by atoms with E-state index in [2.05, 4.69) is 26.6 Å². The van der Waals surface area contributed by atoms with E-state index in [1.165, 1.54) is 10.9 Å². The smallest absolute Gasteiger partial charge is 0.410 e. The Hall–Kier alpha value is -1.53. The zero-order valence-electron chi connectivity index (χ0n) is 15.2. The third-order valence-electron chi connectivity index (χ3n) is 4.33. The molecule has 1 amide bonds. The van der Waals surface area contributed by atoms with Crippen LogP contribution in [0.2, 0.25) is 0 Å². The SMILES string of the molecule is CC(O)Cn1c2c(c3c(Br)cccc31)CCN(C(=O)OC(C)(C)C)C2. The molecular formula is C19H25BrN2O3. The number of hydrogen-bond donors (Lipinski definition) is 1. The third-order valence-corrected chi connectivity index (χ3v) is 4.99. The molecule has 1 N–H and O–H groups in total. The van der Waals surface area contributed by atoms with Crippen LogP contribution < -0.4 is 0 Å². The van der Waals surface area contributed by atoms with Crippen molar-refractivity contribution in [2.75, 3.05) is 6.54 Å². The Morgan fingerprint density at radius 1 is 1.40 bits per heavy atom. The summed E-state index contributed by atoms with van der Waals surface area (Å²) in [5.74, 6) is 0. The summed E-state index contributed by atoms with van der Waals surface area (Å²) >= 11 is 3.66. The summed E-state index contributed by atoms with van der Waals surface area (Å²) in [7, 11) is 0. The summed E-state index contributed by atoms with van der Waals surface area (Å²) in [4.78, 5) is 14.2. The summed E-state index contributed by atoms with van der Waals surface area (Å²) in [6, 6.07) is 6.11. The minimum absolute atomic E-state index is 0.286. The normalized spacial score (nSPS) is 16.0. The van der Waals surface area contributed by atoms with E-state index in [0.29, 0.717) is 19.6 Å². The Bertz CT molecular complexity index is 805. The molecule has 0 bridgehead atoms. The van der Waals surface area contributed by atoms with Crippen LogP contribution in [-0.2, 0) is 24.2 Å². The number of amides is 1. The van der Waals surface area contributed by atoms with E-state index in [1.807, 2.05) is 32.9 Å². The standard InChI is InChI=1S/C19H25BrN2O3/c1-12(23)10-22-15-7-5-6-14(20)17(15)13-8-9-21(11-16(13)22)18(24)25-19(2,3)4/h5-7,12,23H,8-11H2,1-4H3. The number of carbonyl (C=O) groups excluding carboxylic acids is 1. The molecule has 2 heterocycles. The van der Waals surface area contributed by atoms with Crippen LogP contribution in [0, 0.1) is 0 Å². The maximum absolute atomic E-state index is 12.5. The monoisotopic (exact) mass is 408 g/mol. The third kappa shape index (κ3) is 3.70. The predicted octanol–water partition coefficient (Wildman–Crippen LogP) is 4.08. The molecule has 0 fully saturated rings. The summed E-state index contributed by atoms with van der Waals surface area (Å²) in [5.41, 5.74) is 2.92. The van der Waals surface area contributed by atoms with Crippen molar-refractivity contribution in [3.05, 3.63) is 33.9 Å².